The monoisotopic (exact) mass is 319 g/mol. The second kappa shape index (κ2) is 6.70. The molecule has 0 bridgehead atoms. The van der Waals surface area contributed by atoms with E-state index >= 15 is 0 Å². The van der Waals surface area contributed by atoms with Crippen molar-refractivity contribution in [1.29, 1.82) is 0 Å². The zero-order valence-corrected chi connectivity index (χ0v) is 12.5. The highest BCUT2D eigenvalue weighted by Crippen LogP contribution is 2.18. The van der Waals surface area contributed by atoms with Gasteiger partial charge in [-0.2, -0.15) is 5.10 Å². The predicted octanol–water partition coefficient (Wildman–Crippen LogP) is 3.51. The molecule has 0 unspecified atom stereocenters. The van der Waals surface area contributed by atoms with E-state index in [0.29, 0.717) is 11.1 Å². The van der Waals surface area contributed by atoms with Crippen LogP contribution < -0.4 is 5.43 Å². The molecule has 118 valence electrons. The maximum atomic E-state index is 12.3. The molecule has 0 saturated heterocycles. The first-order valence-corrected chi connectivity index (χ1v) is 7.21. The molecule has 0 aliphatic heterocycles. The Morgan fingerprint density at radius 2 is 1.71 bits per heavy atom. The first kappa shape index (κ1) is 15.4. The van der Waals surface area contributed by atoms with Gasteiger partial charge in [0, 0.05) is 17.7 Å². The predicted molar refractivity (Wildman–Crippen MR) is 92.1 cm³/mol. The van der Waals surface area contributed by atoms with Crippen molar-refractivity contribution in [3.05, 3.63) is 88.0 Å². The van der Waals surface area contributed by atoms with Crippen molar-refractivity contribution in [2.45, 2.75) is 0 Å². The van der Waals surface area contributed by atoms with E-state index in [2.05, 4.69) is 10.5 Å². The second-order valence-corrected chi connectivity index (χ2v) is 5.07. The fourth-order valence-corrected chi connectivity index (χ4v) is 2.33. The van der Waals surface area contributed by atoms with Crippen LogP contribution in [0.1, 0.15) is 15.9 Å². The smallest absolute Gasteiger partial charge is 0.267 e. The summed E-state index contributed by atoms with van der Waals surface area (Å²) in [6.45, 7) is 0. The van der Waals surface area contributed by atoms with Gasteiger partial charge in [0.25, 0.3) is 11.6 Å². The Labute approximate surface area is 137 Å². The standard InChI is InChI=1S/C18H13N3O3/c22-18(17-7-3-5-14-4-1-2-6-16(14)17)20-19-12-13-8-10-15(11-9-13)21(23)24/h1-12H,(H,20,22)/b19-12-. The van der Waals surface area contributed by atoms with Crippen molar-refractivity contribution in [3.63, 3.8) is 0 Å². The third-order valence-electron chi connectivity index (χ3n) is 3.52. The molecule has 0 aliphatic carbocycles. The molecular formula is C18H13N3O3. The Bertz CT molecular complexity index is 928. The van der Waals surface area contributed by atoms with E-state index in [4.69, 9.17) is 0 Å². The molecular weight excluding hydrogens is 306 g/mol. The maximum absolute atomic E-state index is 12.3. The van der Waals surface area contributed by atoms with Crippen molar-refractivity contribution < 1.29 is 9.72 Å². The molecule has 1 amide bonds. The second-order valence-electron chi connectivity index (χ2n) is 5.07. The van der Waals surface area contributed by atoms with E-state index in [0.717, 1.165) is 10.8 Å². The summed E-state index contributed by atoms with van der Waals surface area (Å²) in [6, 6.07) is 19.0. The van der Waals surface area contributed by atoms with Crippen molar-refractivity contribution in [2.24, 2.45) is 5.10 Å². The molecule has 3 aromatic carbocycles. The van der Waals surface area contributed by atoms with Crippen molar-refractivity contribution in [3.8, 4) is 0 Å². The van der Waals surface area contributed by atoms with Gasteiger partial charge in [0.2, 0.25) is 0 Å². The quantitative estimate of drug-likeness (QED) is 0.453. The lowest BCUT2D eigenvalue weighted by atomic mass is 10.0. The number of hydrogen-bond acceptors (Lipinski definition) is 4. The molecule has 0 atom stereocenters. The number of fused-ring (bicyclic) bond motifs is 1. The molecule has 1 N–H and O–H groups in total. The highest BCUT2D eigenvalue weighted by atomic mass is 16.6. The van der Waals surface area contributed by atoms with Gasteiger partial charge in [-0.3, -0.25) is 14.9 Å². The summed E-state index contributed by atoms with van der Waals surface area (Å²) in [5.41, 5.74) is 3.67. The SMILES string of the molecule is O=C(N/N=C\c1ccc([N+](=O)[O-])cc1)c1cccc2ccccc12. The Kier molecular flexibility index (Phi) is 4.29. The van der Waals surface area contributed by atoms with Gasteiger partial charge >= 0.3 is 0 Å². The third-order valence-corrected chi connectivity index (χ3v) is 3.52. The average Bonchev–Trinajstić information content (AvgIpc) is 2.61. The van der Waals surface area contributed by atoms with Crippen LogP contribution in [0.2, 0.25) is 0 Å². The van der Waals surface area contributed by atoms with E-state index in [1.807, 2.05) is 36.4 Å². The van der Waals surface area contributed by atoms with Gasteiger partial charge in [-0.1, -0.05) is 36.4 Å². The first-order valence-electron chi connectivity index (χ1n) is 7.21. The van der Waals surface area contributed by atoms with Gasteiger partial charge in [0.15, 0.2) is 0 Å². The van der Waals surface area contributed by atoms with Crippen molar-refractivity contribution in [2.75, 3.05) is 0 Å². The van der Waals surface area contributed by atoms with Crippen LogP contribution in [0.15, 0.2) is 71.8 Å². The summed E-state index contributed by atoms with van der Waals surface area (Å²) in [5, 5.41) is 16.3. The molecule has 0 heterocycles. The summed E-state index contributed by atoms with van der Waals surface area (Å²) in [5.74, 6) is -0.315. The van der Waals surface area contributed by atoms with Crippen LogP contribution in [0, 0.1) is 10.1 Å². The number of nitrogens with zero attached hydrogens (tertiary/aromatic N) is 2. The van der Waals surface area contributed by atoms with Gasteiger partial charge in [0.05, 0.1) is 11.1 Å². The molecule has 6 nitrogen and oxygen atoms in total. The maximum Gasteiger partial charge on any atom is 0.271 e. The molecule has 0 aromatic heterocycles. The zero-order chi connectivity index (χ0) is 16.9. The topological polar surface area (TPSA) is 84.6 Å². The van der Waals surface area contributed by atoms with Crippen LogP contribution in [0.25, 0.3) is 10.8 Å². The van der Waals surface area contributed by atoms with E-state index in [1.165, 1.54) is 18.3 Å². The summed E-state index contributed by atoms with van der Waals surface area (Å²) >= 11 is 0. The van der Waals surface area contributed by atoms with Crippen LogP contribution in [0.4, 0.5) is 5.69 Å². The van der Waals surface area contributed by atoms with Gasteiger partial charge in [-0.05, 0) is 34.5 Å². The minimum Gasteiger partial charge on any atom is -0.267 e. The van der Waals surface area contributed by atoms with Crippen LogP contribution in [0.3, 0.4) is 0 Å². The van der Waals surface area contributed by atoms with Crippen LogP contribution in [-0.2, 0) is 0 Å². The van der Waals surface area contributed by atoms with Gasteiger partial charge in [-0.25, -0.2) is 5.43 Å². The fraction of sp³-hybridized carbons (Fsp3) is 0. The number of non-ortho nitro benzene ring substituents is 1. The van der Waals surface area contributed by atoms with Crippen molar-refractivity contribution >= 4 is 28.6 Å². The molecule has 3 rings (SSSR count). The van der Waals surface area contributed by atoms with E-state index < -0.39 is 4.92 Å². The minimum absolute atomic E-state index is 0.00643. The molecule has 3 aromatic rings. The molecule has 6 heteroatoms. The van der Waals surface area contributed by atoms with Crippen molar-refractivity contribution in [1.82, 2.24) is 5.43 Å². The van der Waals surface area contributed by atoms with Gasteiger partial charge < -0.3 is 0 Å². The Hall–Kier alpha value is -3.54. The number of carbonyl (C=O) groups excluding carboxylic acids is 1. The highest BCUT2D eigenvalue weighted by molar-refractivity contribution is 6.07. The molecule has 0 saturated carbocycles. The largest absolute Gasteiger partial charge is 0.271 e. The molecule has 0 radical (unpaired) electrons. The number of carbonyl (C=O) groups is 1. The van der Waals surface area contributed by atoms with Gasteiger partial charge in [-0.15, -0.1) is 0 Å². The van der Waals surface area contributed by atoms with E-state index in [9.17, 15) is 14.9 Å². The van der Waals surface area contributed by atoms with Crippen LogP contribution in [0.5, 0.6) is 0 Å². The molecule has 24 heavy (non-hydrogen) atoms. The van der Waals surface area contributed by atoms with E-state index in [-0.39, 0.29) is 11.6 Å². The van der Waals surface area contributed by atoms with Crippen LogP contribution in [-0.4, -0.2) is 17.0 Å². The van der Waals surface area contributed by atoms with E-state index in [1.54, 1.807) is 18.2 Å². The molecule has 0 spiro atoms. The Morgan fingerprint density at radius 1 is 1.00 bits per heavy atom. The summed E-state index contributed by atoms with van der Waals surface area (Å²) in [4.78, 5) is 22.4. The van der Waals surface area contributed by atoms with Crippen LogP contribution >= 0.6 is 0 Å². The molecule has 0 aliphatic rings. The minimum atomic E-state index is -0.469. The normalized spacial score (nSPS) is 10.8. The number of nitro groups is 1. The zero-order valence-electron chi connectivity index (χ0n) is 12.5. The highest BCUT2D eigenvalue weighted by Gasteiger charge is 2.08. The Balaban J connectivity index is 1.74. The summed E-state index contributed by atoms with van der Waals surface area (Å²) < 4.78 is 0. The molecule has 0 fully saturated rings. The lowest BCUT2D eigenvalue weighted by Crippen LogP contribution is -2.17. The number of nitro benzene ring substituents is 1. The lowest BCUT2D eigenvalue weighted by molar-refractivity contribution is -0.384. The summed E-state index contributed by atoms with van der Waals surface area (Å²) in [7, 11) is 0. The number of benzene rings is 3. The number of rotatable bonds is 4. The number of hydrogen-bond donors (Lipinski definition) is 1. The lowest BCUT2D eigenvalue weighted by Gasteiger charge is -2.04. The Morgan fingerprint density at radius 3 is 2.46 bits per heavy atom. The summed E-state index contributed by atoms with van der Waals surface area (Å²) in [6.07, 6.45) is 1.44. The number of amides is 1. The first-order chi connectivity index (χ1) is 11.6. The third kappa shape index (κ3) is 3.27. The number of hydrazone groups is 1. The van der Waals surface area contributed by atoms with Gasteiger partial charge in [0.1, 0.15) is 0 Å². The average molecular weight is 319 g/mol. The fourth-order valence-electron chi connectivity index (χ4n) is 2.33. The number of nitrogens with one attached hydrogen (secondary N) is 1.